The van der Waals surface area contributed by atoms with Gasteiger partial charge in [0.2, 0.25) is 0 Å². The standard InChI is InChI=1S/C47H32N4O/c1-29-25-35(26-30(2)48-29)33-21-23-37-36-17-9-10-18-38(36)47(40(37)27-33)39-19-11-12-20-42(39)52-43-24-22-34(28-41(43)47)46-50-44(31-13-5-3-6-14-31)49-45(51-46)32-15-7-4-8-16-32/h3-28H,1-2H3. The minimum absolute atomic E-state index is 0.604. The molecular formula is C47H32N4O. The van der Waals surface area contributed by atoms with Crippen molar-refractivity contribution in [2.45, 2.75) is 19.3 Å². The second kappa shape index (κ2) is 11.7. The number of ether oxygens (including phenoxy) is 1. The first-order chi connectivity index (χ1) is 25.6. The van der Waals surface area contributed by atoms with Crippen molar-refractivity contribution < 1.29 is 4.74 Å². The van der Waals surface area contributed by atoms with Gasteiger partial charge >= 0.3 is 0 Å². The van der Waals surface area contributed by atoms with E-state index in [9.17, 15) is 0 Å². The molecule has 0 N–H and O–H groups in total. The van der Waals surface area contributed by atoms with E-state index in [2.05, 4.69) is 110 Å². The van der Waals surface area contributed by atoms with Gasteiger partial charge in [-0.1, -0.05) is 115 Å². The third-order valence-corrected chi connectivity index (χ3v) is 10.3. The Hall–Kier alpha value is -6.72. The molecule has 5 nitrogen and oxygen atoms in total. The zero-order valence-corrected chi connectivity index (χ0v) is 28.7. The molecule has 5 heteroatoms. The van der Waals surface area contributed by atoms with Gasteiger partial charge in [-0.15, -0.1) is 0 Å². The maximum atomic E-state index is 6.76. The van der Waals surface area contributed by atoms with E-state index in [-0.39, 0.29) is 0 Å². The van der Waals surface area contributed by atoms with E-state index in [0.29, 0.717) is 17.5 Å². The Morgan fingerprint density at radius 3 is 1.58 bits per heavy atom. The lowest BCUT2D eigenvalue weighted by Crippen LogP contribution is -2.32. The summed E-state index contributed by atoms with van der Waals surface area (Å²) in [7, 11) is 0. The third kappa shape index (κ3) is 4.63. The molecule has 1 aliphatic carbocycles. The van der Waals surface area contributed by atoms with Gasteiger partial charge in [-0.25, -0.2) is 15.0 Å². The predicted octanol–water partition coefficient (Wildman–Crippen LogP) is 11.0. The molecule has 0 amide bonds. The van der Waals surface area contributed by atoms with Crippen LogP contribution in [0.25, 0.3) is 56.4 Å². The zero-order chi connectivity index (χ0) is 34.8. The Morgan fingerprint density at radius 1 is 0.365 bits per heavy atom. The van der Waals surface area contributed by atoms with Crippen LogP contribution < -0.4 is 4.74 Å². The van der Waals surface area contributed by atoms with Crippen molar-refractivity contribution in [3.05, 3.63) is 191 Å². The molecular weight excluding hydrogens is 637 g/mol. The molecule has 1 atom stereocenters. The van der Waals surface area contributed by atoms with Crippen LogP contribution in [0, 0.1) is 13.8 Å². The van der Waals surface area contributed by atoms with Crippen LogP contribution in [0.15, 0.2) is 158 Å². The smallest absolute Gasteiger partial charge is 0.164 e. The molecule has 2 aliphatic rings. The average Bonchev–Trinajstić information content (AvgIpc) is 3.48. The zero-order valence-electron chi connectivity index (χ0n) is 28.7. The lowest BCUT2D eigenvalue weighted by atomic mass is 9.65. The largest absolute Gasteiger partial charge is 0.457 e. The van der Waals surface area contributed by atoms with Gasteiger partial charge in [0.05, 0.1) is 5.41 Å². The van der Waals surface area contributed by atoms with Crippen LogP contribution in [-0.2, 0) is 5.41 Å². The molecule has 0 bridgehead atoms. The Kier molecular flexibility index (Phi) is 6.77. The van der Waals surface area contributed by atoms with E-state index < -0.39 is 5.41 Å². The first-order valence-electron chi connectivity index (χ1n) is 17.6. The fourth-order valence-corrected chi connectivity index (χ4v) is 8.16. The number of para-hydroxylation sites is 1. The van der Waals surface area contributed by atoms with Gasteiger partial charge in [0.1, 0.15) is 11.5 Å². The fourth-order valence-electron chi connectivity index (χ4n) is 8.16. The first-order valence-corrected chi connectivity index (χ1v) is 17.6. The Morgan fingerprint density at radius 2 is 0.885 bits per heavy atom. The van der Waals surface area contributed by atoms with E-state index in [1.807, 2.05) is 66.7 Å². The summed E-state index contributed by atoms with van der Waals surface area (Å²) in [5.41, 5.74) is 13.4. The third-order valence-electron chi connectivity index (χ3n) is 10.3. The van der Waals surface area contributed by atoms with Gasteiger partial charge in [0, 0.05) is 39.2 Å². The number of hydrogen-bond acceptors (Lipinski definition) is 5. The van der Waals surface area contributed by atoms with Crippen LogP contribution in [0.5, 0.6) is 11.5 Å². The topological polar surface area (TPSA) is 60.8 Å². The van der Waals surface area contributed by atoms with Crippen LogP contribution >= 0.6 is 0 Å². The van der Waals surface area contributed by atoms with Crippen molar-refractivity contribution in [1.82, 2.24) is 19.9 Å². The molecule has 52 heavy (non-hydrogen) atoms. The Balaban J connectivity index is 1.25. The van der Waals surface area contributed by atoms with E-state index in [0.717, 1.165) is 61.8 Å². The van der Waals surface area contributed by atoms with Crippen LogP contribution in [0.1, 0.15) is 33.6 Å². The summed E-state index contributed by atoms with van der Waals surface area (Å²) < 4.78 is 6.76. The first kappa shape index (κ1) is 30.1. The van der Waals surface area contributed by atoms with E-state index in [1.165, 1.54) is 22.3 Å². The number of rotatable bonds is 4. The molecule has 1 unspecified atom stereocenters. The van der Waals surface area contributed by atoms with Gasteiger partial charge in [-0.3, -0.25) is 4.98 Å². The number of fused-ring (bicyclic) bond motifs is 9. The molecule has 6 aromatic carbocycles. The molecule has 0 saturated heterocycles. The molecule has 1 aliphatic heterocycles. The summed E-state index contributed by atoms with van der Waals surface area (Å²) in [5.74, 6) is 3.52. The number of nitrogens with zero attached hydrogens (tertiary/aromatic N) is 4. The predicted molar refractivity (Wildman–Crippen MR) is 206 cm³/mol. The van der Waals surface area contributed by atoms with Crippen molar-refractivity contribution in [3.8, 4) is 67.9 Å². The van der Waals surface area contributed by atoms with Crippen LogP contribution in [0.4, 0.5) is 0 Å². The molecule has 0 saturated carbocycles. The summed E-state index contributed by atoms with van der Waals surface area (Å²) >= 11 is 0. The highest BCUT2D eigenvalue weighted by Gasteiger charge is 2.51. The monoisotopic (exact) mass is 668 g/mol. The second-order valence-corrected chi connectivity index (χ2v) is 13.5. The lowest BCUT2D eigenvalue weighted by Gasteiger charge is -2.39. The number of aromatic nitrogens is 4. The van der Waals surface area contributed by atoms with Gasteiger partial charge < -0.3 is 4.74 Å². The summed E-state index contributed by atoms with van der Waals surface area (Å²) in [6.45, 7) is 4.11. The molecule has 0 radical (unpaired) electrons. The molecule has 246 valence electrons. The van der Waals surface area contributed by atoms with E-state index in [4.69, 9.17) is 19.7 Å². The second-order valence-electron chi connectivity index (χ2n) is 13.5. The maximum Gasteiger partial charge on any atom is 0.164 e. The van der Waals surface area contributed by atoms with Crippen molar-refractivity contribution in [2.75, 3.05) is 0 Å². The summed E-state index contributed by atoms with van der Waals surface area (Å²) in [6, 6.07) is 55.1. The van der Waals surface area contributed by atoms with Crippen molar-refractivity contribution >= 4 is 0 Å². The molecule has 8 aromatic rings. The number of aryl methyl sites for hydroxylation is 2. The highest BCUT2D eigenvalue weighted by Crippen LogP contribution is 2.62. The SMILES string of the molecule is Cc1cc(-c2ccc3c(c2)C2(c4ccccc4Oc4ccc(-c5nc(-c6ccccc6)nc(-c6ccccc6)n5)cc42)c2ccccc2-3)cc(C)n1. The van der Waals surface area contributed by atoms with Gasteiger partial charge in [-0.05, 0) is 89.7 Å². The van der Waals surface area contributed by atoms with Crippen molar-refractivity contribution in [1.29, 1.82) is 0 Å². The fraction of sp³-hybridized carbons (Fsp3) is 0.0638. The van der Waals surface area contributed by atoms with Crippen LogP contribution in [0.2, 0.25) is 0 Å². The van der Waals surface area contributed by atoms with Crippen LogP contribution in [-0.4, -0.2) is 19.9 Å². The average molecular weight is 669 g/mol. The molecule has 10 rings (SSSR count). The van der Waals surface area contributed by atoms with Gasteiger partial charge in [0.15, 0.2) is 17.5 Å². The lowest BCUT2D eigenvalue weighted by molar-refractivity contribution is 0.436. The Labute approximate surface area is 302 Å². The number of pyridine rings is 1. The number of benzene rings is 6. The highest BCUT2D eigenvalue weighted by molar-refractivity contribution is 5.91. The molecule has 0 fully saturated rings. The maximum absolute atomic E-state index is 6.76. The van der Waals surface area contributed by atoms with E-state index >= 15 is 0 Å². The van der Waals surface area contributed by atoms with Crippen LogP contribution in [0.3, 0.4) is 0 Å². The van der Waals surface area contributed by atoms with Gasteiger partial charge in [0.25, 0.3) is 0 Å². The van der Waals surface area contributed by atoms with Crippen molar-refractivity contribution in [2.24, 2.45) is 0 Å². The highest BCUT2D eigenvalue weighted by atomic mass is 16.5. The van der Waals surface area contributed by atoms with Crippen molar-refractivity contribution in [3.63, 3.8) is 0 Å². The molecule has 2 aromatic heterocycles. The normalized spacial score (nSPS) is 15.0. The minimum atomic E-state index is -0.656. The summed E-state index contributed by atoms with van der Waals surface area (Å²) in [4.78, 5) is 19.8. The summed E-state index contributed by atoms with van der Waals surface area (Å²) in [6.07, 6.45) is 0. The van der Waals surface area contributed by atoms with E-state index in [1.54, 1.807) is 0 Å². The molecule has 1 spiro atoms. The van der Waals surface area contributed by atoms with Gasteiger partial charge in [-0.2, -0.15) is 0 Å². The minimum Gasteiger partial charge on any atom is -0.457 e. The Bertz CT molecular complexity index is 2610. The quantitative estimate of drug-likeness (QED) is 0.187. The summed E-state index contributed by atoms with van der Waals surface area (Å²) in [5, 5.41) is 0. The number of hydrogen-bond donors (Lipinski definition) is 0. The molecule has 3 heterocycles.